The molecule has 0 aliphatic carbocycles. The highest BCUT2D eigenvalue weighted by molar-refractivity contribution is 5.85. The number of carbonyl (C=O) groups excluding carboxylic acids is 1. The summed E-state index contributed by atoms with van der Waals surface area (Å²) in [6.45, 7) is 5.00. The van der Waals surface area contributed by atoms with Crippen molar-refractivity contribution in [3.05, 3.63) is 35.9 Å². The molecule has 1 heterocycles. The molecule has 1 aromatic carbocycles. The van der Waals surface area contributed by atoms with Crippen LogP contribution in [-0.4, -0.2) is 31.6 Å². The van der Waals surface area contributed by atoms with Crippen LogP contribution in [0.25, 0.3) is 0 Å². The minimum atomic E-state index is -0.404. The SMILES string of the molecule is CC(OCc1ccccc1)C(=O)NCC1CNC1.Cl. The Morgan fingerprint density at radius 1 is 1.42 bits per heavy atom. The van der Waals surface area contributed by atoms with Gasteiger partial charge in [0.15, 0.2) is 0 Å². The highest BCUT2D eigenvalue weighted by Crippen LogP contribution is 2.04. The monoisotopic (exact) mass is 284 g/mol. The number of hydrogen-bond donors (Lipinski definition) is 2. The number of carbonyl (C=O) groups is 1. The van der Waals surface area contributed by atoms with Crippen molar-refractivity contribution in [1.82, 2.24) is 10.6 Å². The van der Waals surface area contributed by atoms with Crippen LogP contribution in [0.5, 0.6) is 0 Å². The van der Waals surface area contributed by atoms with E-state index in [4.69, 9.17) is 4.74 Å². The molecular formula is C14H21ClN2O2. The van der Waals surface area contributed by atoms with Crippen LogP contribution < -0.4 is 10.6 Å². The molecule has 1 fully saturated rings. The van der Waals surface area contributed by atoms with Crippen molar-refractivity contribution in [1.29, 1.82) is 0 Å². The minimum absolute atomic E-state index is 0. The molecule has 1 aromatic rings. The van der Waals surface area contributed by atoms with Crippen LogP contribution in [0.4, 0.5) is 0 Å². The van der Waals surface area contributed by atoms with Crippen LogP contribution in [0.15, 0.2) is 30.3 Å². The number of hydrogen-bond acceptors (Lipinski definition) is 3. The molecular weight excluding hydrogens is 264 g/mol. The van der Waals surface area contributed by atoms with Gasteiger partial charge in [-0.3, -0.25) is 4.79 Å². The quantitative estimate of drug-likeness (QED) is 0.829. The molecule has 1 amide bonds. The van der Waals surface area contributed by atoms with Gasteiger partial charge in [-0.25, -0.2) is 0 Å². The van der Waals surface area contributed by atoms with E-state index in [2.05, 4.69) is 10.6 Å². The average Bonchev–Trinajstić information content (AvgIpc) is 2.35. The first kappa shape index (κ1) is 16.0. The van der Waals surface area contributed by atoms with Crippen molar-refractivity contribution in [3.63, 3.8) is 0 Å². The van der Waals surface area contributed by atoms with Gasteiger partial charge in [-0.1, -0.05) is 30.3 Å². The van der Waals surface area contributed by atoms with E-state index in [0.717, 1.165) is 25.2 Å². The van der Waals surface area contributed by atoms with Crippen LogP contribution in [0, 0.1) is 5.92 Å². The molecule has 106 valence electrons. The Kier molecular flexibility index (Phi) is 6.84. The number of benzene rings is 1. The fraction of sp³-hybridized carbons (Fsp3) is 0.500. The zero-order valence-corrected chi connectivity index (χ0v) is 11.9. The summed E-state index contributed by atoms with van der Waals surface area (Å²) in [5, 5.41) is 6.09. The summed E-state index contributed by atoms with van der Waals surface area (Å²) in [5.74, 6) is 0.549. The Labute approximate surface area is 120 Å². The lowest BCUT2D eigenvalue weighted by Crippen LogP contribution is -2.49. The predicted octanol–water partition coefficient (Wildman–Crippen LogP) is 1.35. The lowest BCUT2D eigenvalue weighted by atomic mass is 10.0. The largest absolute Gasteiger partial charge is 0.364 e. The normalized spacial score (nSPS) is 16.1. The molecule has 0 bridgehead atoms. The van der Waals surface area contributed by atoms with Gasteiger partial charge in [-0.2, -0.15) is 0 Å². The van der Waals surface area contributed by atoms with Crippen LogP contribution in [0.2, 0.25) is 0 Å². The van der Waals surface area contributed by atoms with Gasteiger partial charge in [0.05, 0.1) is 6.61 Å². The zero-order valence-electron chi connectivity index (χ0n) is 11.1. The highest BCUT2D eigenvalue weighted by Gasteiger charge is 2.19. The molecule has 1 unspecified atom stereocenters. The van der Waals surface area contributed by atoms with Crippen molar-refractivity contribution < 1.29 is 9.53 Å². The Morgan fingerprint density at radius 2 is 2.11 bits per heavy atom. The number of halogens is 1. The third-order valence-corrected chi connectivity index (χ3v) is 3.14. The number of rotatable bonds is 6. The molecule has 1 aliphatic rings. The first-order chi connectivity index (χ1) is 8.75. The fourth-order valence-corrected chi connectivity index (χ4v) is 1.75. The highest BCUT2D eigenvalue weighted by atomic mass is 35.5. The van der Waals surface area contributed by atoms with Gasteiger partial charge >= 0.3 is 0 Å². The third-order valence-electron chi connectivity index (χ3n) is 3.14. The van der Waals surface area contributed by atoms with Gasteiger partial charge in [-0.05, 0) is 12.5 Å². The Balaban J connectivity index is 0.00000180. The smallest absolute Gasteiger partial charge is 0.248 e. The molecule has 2 N–H and O–H groups in total. The fourth-order valence-electron chi connectivity index (χ4n) is 1.75. The van der Waals surface area contributed by atoms with Crippen molar-refractivity contribution >= 4 is 18.3 Å². The molecule has 2 rings (SSSR count). The van der Waals surface area contributed by atoms with E-state index in [-0.39, 0.29) is 18.3 Å². The van der Waals surface area contributed by atoms with Crippen LogP contribution in [0.1, 0.15) is 12.5 Å². The van der Waals surface area contributed by atoms with Gasteiger partial charge in [0.25, 0.3) is 0 Å². The van der Waals surface area contributed by atoms with Crippen molar-refractivity contribution in [3.8, 4) is 0 Å². The Hall–Kier alpha value is -1.10. The molecule has 1 aliphatic heterocycles. The van der Waals surface area contributed by atoms with E-state index in [1.807, 2.05) is 30.3 Å². The van der Waals surface area contributed by atoms with E-state index < -0.39 is 6.10 Å². The van der Waals surface area contributed by atoms with E-state index in [1.165, 1.54) is 0 Å². The Bertz CT molecular complexity index is 382. The van der Waals surface area contributed by atoms with E-state index in [1.54, 1.807) is 6.92 Å². The maximum absolute atomic E-state index is 11.8. The van der Waals surface area contributed by atoms with Gasteiger partial charge in [0.1, 0.15) is 6.10 Å². The summed E-state index contributed by atoms with van der Waals surface area (Å²) in [6.07, 6.45) is -0.404. The van der Waals surface area contributed by atoms with Crippen LogP contribution >= 0.6 is 12.4 Å². The average molecular weight is 285 g/mol. The zero-order chi connectivity index (χ0) is 12.8. The van der Waals surface area contributed by atoms with Crippen molar-refractivity contribution in [2.75, 3.05) is 19.6 Å². The molecule has 1 atom stereocenters. The molecule has 0 saturated carbocycles. The van der Waals surface area contributed by atoms with Gasteiger partial charge in [0.2, 0.25) is 5.91 Å². The minimum Gasteiger partial charge on any atom is -0.364 e. The van der Waals surface area contributed by atoms with Crippen molar-refractivity contribution in [2.24, 2.45) is 5.92 Å². The summed E-state index contributed by atoms with van der Waals surface area (Å²) in [5.41, 5.74) is 1.08. The topological polar surface area (TPSA) is 50.4 Å². The summed E-state index contributed by atoms with van der Waals surface area (Å²) in [6, 6.07) is 9.88. The molecule has 5 heteroatoms. The lowest BCUT2D eigenvalue weighted by molar-refractivity contribution is -0.132. The third kappa shape index (κ3) is 5.19. The summed E-state index contributed by atoms with van der Waals surface area (Å²) >= 11 is 0. The molecule has 0 aromatic heterocycles. The number of ether oxygens (including phenoxy) is 1. The maximum atomic E-state index is 11.8. The van der Waals surface area contributed by atoms with E-state index in [0.29, 0.717) is 12.5 Å². The van der Waals surface area contributed by atoms with E-state index in [9.17, 15) is 4.79 Å². The molecule has 4 nitrogen and oxygen atoms in total. The number of nitrogens with one attached hydrogen (secondary N) is 2. The second kappa shape index (κ2) is 8.15. The second-order valence-electron chi connectivity index (χ2n) is 4.71. The van der Waals surface area contributed by atoms with Crippen LogP contribution in [-0.2, 0) is 16.1 Å². The van der Waals surface area contributed by atoms with Crippen molar-refractivity contribution in [2.45, 2.75) is 19.6 Å². The van der Waals surface area contributed by atoms with Gasteiger partial charge in [-0.15, -0.1) is 12.4 Å². The summed E-state index contributed by atoms with van der Waals surface area (Å²) < 4.78 is 5.55. The predicted molar refractivity (Wildman–Crippen MR) is 77.3 cm³/mol. The maximum Gasteiger partial charge on any atom is 0.248 e. The molecule has 1 saturated heterocycles. The standard InChI is InChI=1S/C14H20N2O2.ClH/c1-11(14(17)16-9-13-7-15-8-13)18-10-12-5-3-2-4-6-12;/h2-6,11,13,15H,7-10H2,1H3,(H,16,17);1H. The van der Waals surface area contributed by atoms with Crippen LogP contribution in [0.3, 0.4) is 0 Å². The summed E-state index contributed by atoms with van der Waals surface area (Å²) in [7, 11) is 0. The van der Waals surface area contributed by atoms with E-state index >= 15 is 0 Å². The first-order valence-electron chi connectivity index (χ1n) is 6.39. The Morgan fingerprint density at radius 3 is 2.68 bits per heavy atom. The summed E-state index contributed by atoms with van der Waals surface area (Å²) in [4.78, 5) is 11.8. The lowest BCUT2D eigenvalue weighted by Gasteiger charge is -2.27. The number of amides is 1. The molecule has 0 radical (unpaired) electrons. The second-order valence-corrected chi connectivity index (χ2v) is 4.71. The molecule has 0 spiro atoms. The first-order valence-corrected chi connectivity index (χ1v) is 6.39. The van der Waals surface area contributed by atoms with Gasteiger partial charge < -0.3 is 15.4 Å². The molecule has 19 heavy (non-hydrogen) atoms. The van der Waals surface area contributed by atoms with Gasteiger partial charge in [0, 0.05) is 25.6 Å².